The van der Waals surface area contributed by atoms with Crippen LogP contribution in [0.2, 0.25) is 0 Å². The minimum atomic E-state index is -0.252. The Bertz CT molecular complexity index is 736. The van der Waals surface area contributed by atoms with Gasteiger partial charge in [0.2, 0.25) is 0 Å². The maximum Gasteiger partial charge on any atom is 0.182 e. The molecule has 1 aromatic rings. The molecule has 6 heteroatoms. The fourth-order valence-corrected chi connectivity index (χ4v) is 4.18. The molecule has 3 heterocycles. The Morgan fingerprint density at radius 1 is 1.36 bits per heavy atom. The van der Waals surface area contributed by atoms with Gasteiger partial charge >= 0.3 is 0 Å². The summed E-state index contributed by atoms with van der Waals surface area (Å²) in [4.78, 5) is 12.2. The summed E-state index contributed by atoms with van der Waals surface area (Å²) in [6.45, 7) is 3.65. The van der Waals surface area contributed by atoms with Crippen molar-refractivity contribution in [3.8, 4) is 0 Å². The van der Waals surface area contributed by atoms with Crippen LogP contribution in [-0.2, 0) is 21.6 Å². The van der Waals surface area contributed by atoms with Crippen LogP contribution in [0.1, 0.15) is 56.6 Å². The van der Waals surface area contributed by atoms with E-state index < -0.39 is 0 Å². The molecule has 3 saturated heterocycles. The SMILES string of the molecule is CCCC(N)=C(Cl)C(=N)C(=O)CCCc1ccc(C23CCC(CO2)NC3)cc1. The Morgan fingerprint density at radius 3 is 2.68 bits per heavy atom. The summed E-state index contributed by atoms with van der Waals surface area (Å²) >= 11 is 6.06. The van der Waals surface area contributed by atoms with E-state index >= 15 is 0 Å². The van der Waals surface area contributed by atoms with Crippen LogP contribution in [-0.4, -0.2) is 30.7 Å². The van der Waals surface area contributed by atoms with Gasteiger partial charge in [0.05, 0.1) is 11.6 Å². The first kappa shape index (κ1) is 21.0. The van der Waals surface area contributed by atoms with Gasteiger partial charge in [-0.3, -0.25) is 10.2 Å². The van der Waals surface area contributed by atoms with Crippen LogP contribution < -0.4 is 11.1 Å². The number of carbonyl (C=O) groups is 1. The number of carbonyl (C=O) groups excluding carboxylic acids is 1. The number of halogens is 1. The van der Waals surface area contributed by atoms with E-state index in [9.17, 15) is 4.79 Å². The molecular formula is C22H30ClN3O2. The zero-order valence-electron chi connectivity index (χ0n) is 16.5. The summed E-state index contributed by atoms with van der Waals surface area (Å²) in [7, 11) is 0. The van der Waals surface area contributed by atoms with E-state index in [2.05, 4.69) is 29.6 Å². The van der Waals surface area contributed by atoms with Gasteiger partial charge in [-0.15, -0.1) is 0 Å². The van der Waals surface area contributed by atoms with Crippen molar-refractivity contribution >= 4 is 23.1 Å². The van der Waals surface area contributed by atoms with Gasteiger partial charge in [-0.1, -0.05) is 49.2 Å². The number of hydrogen-bond acceptors (Lipinski definition) is 5. The second kappa shape index (κ2) is 9.21. The Morgan fingerprint density at radius 2 is 2.11 bits per heavy atom. The molecule has 3 fully saturated rings. The third kappa shape index (κ3) is 4.65. The molecule has 3 aliphatic heterocycles. The maximum absolute atomic E-state index is 12.2. The number of benzene rings is 1. The van der Waals surface area contributed by atoms with Gasteiger partial charge in [0.15, 0.2) is 5.78 Å². The fraction of sp³-hybridized carbons (Fsp3) is 0.545. The van der Waals surface area contributed by atoms with Crippen molar-refractivity contribution in [3.63, 3.8) is 0 Å². The summed E-state index contributed by atoms with van der Waals surface area (Å²) in [5, 5.41) is 11.6. The lowest BCUT2D eigenvalue weighted by Gasteiger charge is -2.47. The van der Waals surface area contributed by atoms with E-state index in [0.717, 1.165) is 38.8 Å². The number of aryl methyl sites for hydroxylation is 1. The number of morpholine rings is 1. The number of nitrogens with two attached hydrogens (primary N) is 1. The first-order valence-corrected chi connectivity index (χ1v) is 10.6. The third-order valence-electron chi connectivity index (χ3n) is 5.78. The molecule has 5 nitrogen and oxygen atoms in total. The van der Waals surface area contributed by atoms with Gasteiger partial charge in [-0.2, -0.15) is 0 Å². The third-order valence-corrected chi connectivity index (χ3v) is 6.21. The Kier molecular flexibility index (Phi) is 6.91. The molecule has 1 aromatic carbocycles. The molecule has 0 radical (unpaired) electrons. The predicted octanol–water partition coefficient (Wildman–Crippen LogP) is 3.78. The van der Waals surface area contributed by atoms with Crippen LogP contribution in [0, 0.1) is 5.41 Å². The number of nitrogens with one attached hydrogen (secondary N) is 2. The number of piperidine rings is 1. The van der Waals surface area contributed by atoms with E-state index in [0.29, 0.717) is 31.0 Å². The Balaban J connectivity index is 1.51. The van der Waals surface area contributed by atoms with Crippen molar-refractivity contribution in [1.29, 1.82) is 5.41 Å². The van der Waals surface area contributed by atoms with E-state index in [1.165, 1.54) is 11.1 Å². The molecule has 3 aliphatic rings. The molecule has 0 aliphatic carbocycles. The quantitative estimate of drug-likeness (QED) is 0.547. The lowest BCUT2D eigenvalue weighted by Crippen LogP contribution is -2.57. The fourth-order valence-electron chi connectivity index (χ4n) is 3.98. The van der Waals surface area contributed by atoms with Crippen molar-refractivity contribution in [3.05, 3.63) is 46.1 Å². The molecule has 0 saturated carbocycles. The second-order valence-corrected chi connectivity index (χ2v) is 8.24. The maximum atomic E-state index is 12.2. The molecule has 0 amide bonds. The predicted molar refractivity (Wildman–Crippen MR) is 113 cm³/mol. The van der Waals surface area contributed by atoms with Crippen LogP contribution in [0.15, 0.2) is 35.0 Å². The van der Waals surface area contributed by atoms with Gasteiger partial charge in [0.1, 0.15) is 11.3 Å². The highest BCUT2D eigenvalue weighted by molar-refractivity contribution is 6.59. The number of fused-ring (bicyclic) bond motifs is 3. The minimum Gasteiger partial charge on any atom is -0.401 e. The highest BCUT2D eigenvalue weighted by Gasteiger charge is 2.42. The molecule has 0 spiro atoms. The lowest BCUT2D eigenvalue weighted by molar-refractivity contribution is -0.129. The summed E-state index contributed by atoms with van der Waals surface area (Å²) in [5.74, 6) is -0.252. The van der Waals surface area contributed by atoms with Crippen LogP contribution in [0.3, 0.4) is 0 Å². The molecule has 4 N–H and O–H groups in total. The van der Waals surface area contributed by atoms with E-state index in [1.54, 1.807) is 0 Å². The number of rotatable bonds is 9. The highest BCUT2D eigenvalue weighted by atomic mass is 35.5. The summed E-state index contributed by atoms with van der Waals surface area (Å²) in [5.41, 5.74) is 8.31. The smallest absolute Gasteiger partial charge is 0.182 e. The number of ether oxygens (including phenoxy) is 1. The summed E-state index contributed by atoms with van der Waals surface area (Å²) < 4.78 is 6.13. The number of Topliss-reactive ketones (excluding diaryl/α,β-unsaturated/α-hetero) is 1. The highest BCUT2D eigenvalue weighted by Crippen LogP contribution is 2.38. The van der Waals surface area contributed by atoms with Gasteiger partial charge < -0.3 is 15.8 Å². The van der Waals surface area contributed by atoms with Crippen LogP contribution in [0.4, 0.5) is 0 Å². The van der Waals surface area contributed by atoms with E-state index in [-0.39, 0.29) is 22.1 Å². The zero-order chi connectivity index (χ0) is 20.1. The largest absolute Gasteiger partial charge is 0.401 e. The molecular weight excluding hydrogens is 374 g/mol. The minimum absolute atomic E-state index is 0.103. The topological polar surface area (TPSA) is 88.2 Å². The van der Waals surface area contributed by atoms with Crippen molar-refractivity contribution < 1.29 is 9.53 Å². The second-order valence-electron chi connectivity index (χ2n) is 7.86. The number of allylic oxidation sites excluding steroid dienone is 2. The van der Waals surface area contributed by atoms with Gasteiger partial charge in [-0.05, 0) is 43.2 Å². The lowest BCUT2D eigenvalue weighted by atomic mass is 9.81. The molecule has 2 unspecified atom stereocenters. The molecule has 28 heavy (non-hydrogen) atoms. The van der Waals surface area contributed by atoms with Crippen LogP contribution in [0.5, 0.6) is 0 Å². The molecule has 0 aromatic heterocycles. The first-order chi connectivity index (χ1) is 13.4. The van der Waals surface area contributed by atoms with Gasteiger partial charge in [-0.25, -0.2) is 0 Å². The average Bonchev–Trinajstić information content (AvgIpc) is 2.74. The standard InChI is InChI=1S/C22H30ClN3O2/c1-2-4-18(24)20(23)21(25)19(27)6-3-5-15-7-9-16(10-8-15)22-12-11-17(13-28-22)26-14-22/h7-10,17,25-26H,2-6,11-14,24H2,1H3. The first-order valence-electron chi connectivity index (χ1n) is 10.2. The van der Waals surface area contributed by atoms with Crippen molar-refractivity contribution in [2.24, 2.45) is 5.73 Å². The molecule has 2 atom stereocenters. The molecule has 4 rings (SSSR count). The van der Waals surface area contributed by atoms with Crippen LogP contribution in [0.25, 0.3) is 0 Å². The van der Waals surface area contributed by atoms with Crippen molar-refractivity contribution in [1.82, 2.24) is 5.32 Å². The van der Waals surface area contributed by atoms with Crippen LogP contribution >= 0.6 is 11.6 Å². The Labute approximate surface area is 172 Å². The molecule has 2 bridgehead atoms. The normalized spacial score (nSPS) is 24.7. The van der Waals surface area contributed by atoms with E-state index in [1.807, 2.05) is 6.92 Å². The van der Waals surface area contributed by atoms with Crippen molar-refractivity contribution in [2.45, 2.75) is 63.5 Å². The van der Waals surface area contributed by atoms with Gasteiger partial charge in [0, 0.05) is 24.7 Å². The monoisotopic (exact) mass is 403 g/mol. The summed E-state index contributed by atoms with van der Waals surface area (Å²) in [6.07, 6.45) is 5.44. The van der Waals surface area contributed by atoms with Crippen molar-refractivity contribution in [2.75, 3.05) is 13.2 Å². The summed E-state index contributed by atoms with van der Waals surface area (Å²) in [6, 6.07) is 9.06. The molecule has 152 valence electrons. The average molecular weight is 404 g/mol. The van der Waals surface area contributed by atoms with Gasteiger partial charge in [0.25, 0.3) is 0 Å². The number of hydrogen-bond donors (Lipinski definition) is 3. The number of ketones is 1. The van der Waals surface area contributed by atoms with E-state index in [4.69, 9.17) is 27.5 Å². The zero-order valence-corrected chi connectivity index (χ0v) is 17.3. The Hall–Kier alpha value is -1.69.